The van der Waals surface area contributed by atoms with Gasteiger partial charge in [-0.15, -0.1) is 0 Å². The number of aromatic nitrogens is 2. The number of hydrogen-bond acceptors (Lipinski definition) is 5. The molecule has 1 fully saturated rings. The van der Waals surface area contributed by atoms with Gasteiger partial charge in [-0.1, -0.05) is 12.2 Å². The Morgan fingerprint density at radius 3 is 2.48 bits per heavy atom. The van der Waals surface area contributed by atoms with Crippen LogP contribution in [0.3, 0.4) is 0 Å². The molecule has 0 radical (unpaired) electrons. The molecular formula is C25H22F2N4OS. The highest BCUT2D eigenvalue weighted by atomic mass is 32.1. The van der Waals surface area contributed by atoms with Gasteiger partial charge in [-0.05, 0) is 48.0 Å². The summed E-state index contributed by atoms with van der Waals surface area (Å²) in [7, 11) is 0. The number of piperidine rings is 1. The van der Waals surface area contributed by atoms with Gasteiger partial charge >= 0.3 is 0 Å². The molecule has 8 heteroatoms. The van der Waals surface area contributed by atoms with Crippen molar-refractivity contribution in [1.82, 2.24) is 14.9 Å². The maximum Gasteiger partial charge on any atom is 0.251 e. The minimum atomic E-state index is -2.60. The fourth-order valence-electron chi connectivity index (χ4n) is 4.11. The maximum atomic E-state index is 13.5. The van der Waals surface area contributed by atoms with Crippen molar-refractivity contribution in [3.63, 3.8) is 0 Å². The lowest BCUT2D eigenvalue weighted by atomic mass is 9.99. The molecule has 4 aromatic rings. The molecule has 0 unspecified atom stereocenters. The summed E-state index contributed by atoms with van der Waals surface area (Å²) in [5, 5.41) is 0.940. The second kappa shape index (κ2) is 8.61. The van der Waals surface area contributed by atoms with E-state index in [9.17, 15) is 8.78 Å². The van der Waals surface area contributed by atoms with Gasteiger partial charge in [-0.25, -0.2) is 8.78 Å². The molecule has 0 bridgehead atoms. The van der Waals surface area contributed by atoms with Crippen LogP contribution >= 0.6 is 12.2 Å². The van der Waals surface area contributed by atoms with Crippen LogP contribution in [0.4, 0.5) is 8.78 Å². The third-order valence-corrected chi connectivity index (χ3v) is 6.44. The van der Waals surface area contributed by atoms with Gasteiger partial charge in [0.2, 0.25) is 0 Å². The normalized spacial score (nSPS) is 15.7. The summed E-state index contributed by atoms with van der Waals surface area (Å²) < 4.78 is 32.9. The first kappa shape index (κ1) is 21.6. The van der Waals surface area contributed by atoms with Crippen LogP contribution in [-0.2, 0) is 6.54 Å². The quantitative estimate of drug-likeness (QED) is 0.407. The molecule has 2 N–H and O–H groups in total. The standard InChI is InChI=1S/C25H22F2N4OS/c26-25(27)5-9-31(10-6-25)24(33)17-1-2-22(30-15-17)18-11-19-12-20(14-28)32-23(19)21(13-18)16-3-7-29-8-4-16/h1-4,7-8,11-13,15H,5-6,9-10,14,28H2. The zero-order valence-corrected chi connectivity index (χ0v) is 18.6. The smallest absolute Gasteiger partial charge is 0.251 e. The van der Waals surface area contributed by atoms with Crippen LogP contribution in [0.25, 0.3) is 33.4 Å². The Kier molecular flexibility index (Phi) is 5.64. The number of pyridine rings is 2. The summed E-state index contributed by atoms with van der Waals surface area (Å²) in [6, 6.07) is 13.7. The number of fused-ring (bicyclic) bond motifs is 1. The number of hydrogen-bond donors (Lipinski definition) is 1. The number of alkyl halides is 2. The Bertz CT molecular complexity index is 1300. The molecule has 1 aliphatic rings. The molecule has 0 aliphatic carbocycles. The van der Waals surface area contributed by atoms with Crippen molar-refractivity contribution in [1.29, 1.82) is 0 Å². The van der Waals surface area contributed by atoms with E-state index in [1.54, 1.807) is 18.6 Å². The van der Waals surface area contributed by atoms with E-state index in [-0.39, 0.29) is 25.9 Å². The molecule has 0 spiro atoms. The Morgan fingerprint density at radius 1 is 1.06 bits per heavy atom. The van der Waals surface area contributed by atoms with Crippen LogP contribution in [0.15, 0.2) is 65.5 Å². The number of rotatable bonds is 4. The van der Waals surface area contributed by atoms with Crippen molar-refractivity contribution in [3.05, 3.63) is 72.4 Å². The lowest BCUT2D eigenvalue weighted by Gasteiger charge is -2.33. The van der Waals surface area contributed by atoms with E-state index in [0.29, 0.717) is 17.3 Å². The topological polar surface area (TPSA) is 68.2 Å². The molecule has 33 heavy (non-hydrogen) atoms. The number of halogens is 2. The van der Waals surface area contributed by atoms with Gasteiger partial charge in [0.25, 0.3) is 5.92 Å². The number of nitrogens with two attached hydrogens (primary N) is 1. The second-order valence-corrected chi connectivity index (χ2v) is 8.56. The Hall–Kier alpha value is -3.23. The van der Waals surface area contributed by atoms with Gasteiger partial charge < -0.3 is 15.1 Å². The summed E-state index contributed by atoms with van der Waals surface area (Å²) in [6.07, 6.45) is 4.84. The molecule has 1 saturated heterocycles. The van der Waals surface area contributed by atoms with E-state index in [4.69, 9.17) is 22.4 Å². The highest BCUT2D eigenvalue weighted by Gasteiger charge is 2.34. The van der Waals surface area contributed by atoms with Crippen LogP contribution < -0.4 is 5.73 Å². The van der Waals surface area contributed by atoms with E-state index in [2.05, 4.69) is 9.97 Å². The predicted octanol–water partition coefficient (Wildman–Crippen LogP) is 5.42. The average Bonchev–Trinajstić information content (AvgIpc) is 3.27. The van der Waals surface area contributed by atoms with Gasteiger partial charge in [0.15, 0.2) is 0 Å². The van der Waals surface area contributed by atoms with Crippen molar-refractivity contribution in [2.75, 3.05) is 13.1 Å². The Balaban J connectivity index is 1.47. The first-order valence-electron chi connectivity index (χ1n) is 10.7. The molecule has 1 aliphatic heterocycles. The fraction of sp³-hybridized carbons (Fsp3) is 0.240. The zero-order chi connectivity index (χ0) is 23.0. The van der Waals surface area contributed by atoms with Gasteiger partial charge in [-0.2, -0.15) is 0 Å². The first-order valence-corrected chi connectivity index (χ1v) is 11.1. The lowest BCUT2D eigenvalue weighted by molar-refractivity contribution is -0.0430. The zero-order valence-electron chi connectivity index (χ0n) is 17.8. The molecule has 5 rings (SSSR count). The summed E-state index contributed by atoms with van der Waals surface area (Å²) in [5.74, 6) is -1.89. The Morgan fingerprint density at radius 2 is 1.82 bits per heavy atom. The molecule has 4 heterocycles. The highest BCUT2D eigenvalue weighted by molar-refractivity contribution is 7.80. The summed E-state index contributed by atoms with van der Waals surface area (Å²) in [5.41, 5.74) is 10.9. The van der Waals surface area contributed by atoms with E-state index >= 15 is 0 Å². The molecular weight excluding hydrogens is 442 g/mol. The van der Waals surface area contributed by atoms with E-state index in [1.807, 2.05) is 47.4 Å². The van der Waals surface area contributed by atoms with Crippen molar-refractivity contribution in [2.45, 2.75) is 25.3 Å². The van der Waals surface area contributed by atoms with E-state index < -0.39 is 5.92 Å². The van der Waals surface area contributed by atoms with Gasteiger partial charge in [0.1, 0.15) is 16.3 Å². The van der Waals surface area contributed by atoms with Crippen LogP contribution in [-0.4, -0.2) is 38.9 Å². The molecule has 0 atom stereocenters. The molecule has 0 saturated carbocycles. The molecule has 0 amide bonds. The number of nitrogens with zero attached hydrogens (tertiary/aromatic N) is 3. The largest absolute Gasteiger partial charge is 0.459 e. The summed E-state index contributed by atoms with van der Waals surface area (Å²) in [4.78, 5) is 11.1. The van der Waals surface area contributed by atoms with Crippen molar-refractivity contribution in [2.24, 2.45) is 5.73 Å². The maximum absolute atomic E-state index is 13.5. The molecule has 168 valence electrons. The van der Waals surface area contributed by atoms with Gasteiger partial charge in [0.05, 0.1) is 12.2 Å². The van der Waals surface area contributed by atoms with E-state index in [1.165, 1.54) is 0 Å². The number of benzene rings is 1. The van der Waals surface area contributed by atoms with Gasteiger partial charge in [0, 0.05) is 66.6 Å². The minimum absolute atomic E-state index is 0.175. The van der Waals surface area contributed by atoms with Crippen LogP contribution in [0.2, 0.25) is 0 Å². The van der Waals surface area contributed by atoms with E-state index in [0.717, 1.165) is 38.9 Å². The number of furan rings is 1. The third kappa shape index (κ3) is 4.36. The predicted molar refractivity (Wildman–Crippen MR) is 128 cm³/mol. The monoisotopic (exact) mass is 464 g/mol. The lowest BCUT2D eigenvalue weighted by Crippen LogP contribution is -2.42. The molecule has 5 nitrogen and oxygen atoms in total. The summed E-state index contributed by atoms with van der Waals surface area (Å²) in [6.45, 7) is 0.819. The van der Waals surface area contributed by atoms with Crippen molar-refractivity contribution < 1.29 is 13.2 Å². The first-order chi connectivity index (χ1) is 15.9. The highest BCUT2D eigenvalue weighted by Crippen LogP contribution is 2.35. The van der Waals surface area contributed by atoms with Crippen LogP contribution in [0.5, 0.6) is 0 Å². The third-order valence-electron chi connectivity index (χ3n) is 5.95. The molecule has 3 aromatic heterocycles. The number of thiocarbonyl (C=S) groups is 1. The fourth-order valence-corrected chi connectivity index (χ4v) is 4.41. The van der Waals surface area contributed by atoms with Crippen molar-refractivity contribution >= 4 is 28.2 Å². The number of likely N-dealkylation sites (tertiary alicyclic amines) is 1. The Labute approximate surface area is 195 Å². The van der Waals surface area contributed by atoms with Crippen LogP contribution in [0.1, 0.15) is 24.2 Å². The van der Waals surface area contributed by atoms with Crippen LogP contribution in [0, 0.1) is 0 Å². The second-order valence-electron chi connectivity index (χ2n) is 8.18. The SMILES string of the molecule is NCc1cc2cc(-c3ccc(C(=S)N4CCC(F)(F)CC4)cn3)cc(-c3ccncc3)c2o1. The van der Waals surface area contributed by atoms with Crippen molar-refractivity contribution in [3.8, 4) is 22.4 Å². The molecule has 1 aromatic carbocycles. The summed E-state index contributed by atoms with van der Waals surface area (Å²) >= 11 is 5.55. The minimum Gasteiger partial charge on any atom is -0.459 e. The average molecular weight is 465 g/mol. The van der Waals surface area contributed by atoms with Gasteiger partial charge in [-0.3, -0.25) is 9.97 Å².